The normalized spacial score (nSPS) is 29.5. The van der Waals surface area contributed by atoms with Crippen molar-refractivity contribution in [3.05, 3.63) is 24.0 Å². The van der Waals surface area contributed by atoms with Gasteiger partial charge in [-0.15, -0.1) is 0 Å². The molecule has 66 valence electrons. The largest absolute Gasteiger partial charge is 0.354 e. The Bertz CT molecular complexity index is 266. The molecule has 0 aromatic carbocycles. The second-order valence-electron chi connectivity index (χ2n) is 3.47. The summed E-state index contributed by atoms with van der Waals surface area (Å²) < 4.78 is 2.15. The number of aromatic nitrogens is 1. The minimum Gasteiger partial charge on any atom is -0.354 e. The summed E-state index contributed by atoms with van der Waals surface area (Å²) in [6, 6.07) is 4.50. The standard InChI is InChI=1S/C9H15N3/c1-12-4-2-3-9(12)7-5-11-6-8(7)10/h2-4,7-8,11H,5-6,10H2,1H3/t7-,8+/m1/s1. The second-order valence-corrected chi connectivity index (χ2v) is 3.47. The van der Waals surface area contributed by atoms with Gasteiger partial charge in [0.15, 0.2) is 0 Å². The van der Waals surface area contributed by atoms with Crippen molar-refractivity contribution in [3.63, 3.8) is 0 Å². The number of aryl methyl sites for hydroxylation is 1. The van der Waals surface area contributed by atoms with Crippen molar-refractivity contribution < 1.29 is 0 Å². The highest BCUT2D eigenvalue weighted by Gasteiger charge is 2.26. The molecule has 0 amide bonds. The molecule has 1 aromatic heterocycles. The Morgan fingerprint density at radius 2 is 2.42 bits per heavy atom. The molecule has 3 heteroatoms. The van der Waals surface area contributed by atoms with Gasteiger partial charge in [-0.1, -0.05) is 0 Å². The van der Waals surface area contributed by atoms with Crippen LogP contribution in [0.15, 0.2) is 18.3 Å². The quantitative estimate of drug-likeness (QED) is 0.617. The third-order valence-electron chi connectivity index (χ3n) is 2.62. The van der Waals surface area contributed by atoms with Crippen LogP contribution in [0, 0.1) is 0 Å². The molecule has 2 rings (SSSR count). The molecular formula is C9H15N3. The van der Waals surface area contributed by atoms with Gasteiger partial charge in [0.05, 0.1) is 0 Å². The first-order valence-electron chi connectivity index (χ1n) is 4.36. The fourth-order valence-corrected chi connectivity index (χ4v) is 1.88. The molecule has 1 fully saturated rings. The van der Waals surface area contributed by atoms with Gasteiger partial charge in [0.25, 0.3) is 0 Å². The Balaban J connectivity index is 2.24. The summed E-state index contributed by atoms with van der Waals surface area (Å²) in [5.41, 5.74) is 7.30. The molecule has 0 bridgehead atoms. The van der Waals surface area contributed by atoms with Crippen LogP contribution in [-0.4, -0.2) is 23.7 Å². The fraction of sp³-hybridized carbons (Fsp3) is 0.556. The molecule has 1 aliphatic rings. The first-order valence-corrected chi connectivity index (χ1v) is 4.36. The van der Waals surface area contributed by atoms with E-state index in [0.29, 0.717) is 5.92 Å². The van der Waals surface area contributed by atoms with Crippen molar-refractivity contribution in [1.82, 2.24) is 9.88 Å². The van der Waals surface area contributed by atoms with Gasteiger partial charge in [-0.05, 0) is 12.1 Å². The van der Waals surface area contributed by atoms with Crippen LogP contribution < -0.4 is 11.1 Å². The Kier molecular flexibility index (Phi) is 1.90. The summed E-state index contributed by atoms with van der Waals surface area (Å²) >= 11 is 0. The molecule has 2 heterocycles. The maximum atomic E-state index is 5.96. The van der Waals surface area contributed by atoms with Gasteiger partial charge in [-0.25, -0.2) is 0 Å². The van der Waals surface area contributed by atoms with Crippen LogP contribution in [0.4, 0.5) is 0 Å². The van der Waals surface area contributed by atoms with Crippen molar-refractivity contribution in [2.45, 2.75) is 12.0 Å². The lowest BCUT2D eigenvalue weighted by Gasteiger charge is -2.14. The Labute approximate surface area is 72.6 Å². The Morgan fingerprint density at radius 3 is 2.92 bits per heavy atom. The van der Waals surface area contributed by atoms with Gasteiger partial charge in [0, 0.05) is 44.0 Å². The van der Waals surface area contributed by atoms with Gasteiger partial charge in [0.2, 0.25) is 0 Å². The molecule has 0 saturated carbocycles. The van der Waals surface area contributed by atoms with Gasteiger partial charge in [-0.2, -0.15) is 0 Å². The predicted octanol–water partition coefficient (Wildman–Crippen LogP) is 0.0392. The van der Waals surface area contributed by atoms with Crippen molar-refractivity contribution >= 4 is 0 Å². The summed E-state index contributed by atoms with van der Waals surface area (Å²) in [6.45, 7) is 1.95. The monoisotopic (exact) mass is 165 g/mol. The minimum atomic E-state index is 0.276. The van der Waals surface area contributed by atoms with E-state index in [-0.39, 0.29) is 6.04 Å². The molecule has 1 aliphatic heterocycles. The Hall–Kier alpha value is -0.800. The van der Waals surface area contributed by atoms with Crippen molar-refractivity contribution in [2.75, 3.05) is 13.1 Å². The number of nitrogens with two attached hydrogens (primary N) is 1. The van der Waals surface area contributed by atoms with Crippen LogP contribution in [0.5, 0.6) is 0 Å². The summed E-state index contributed by atoms with van der Waals surface area (Å²) in [5.74, 6) is 0.491. The molecular weight excluding hydrogens is 150 g/mol. The fourth-order valence-electron chi connectivity index (χ4n) is 1.88. The van der Waals surface area contributed by atoms with Crippen LogP contribution in [0.3, 0.4) is 0 Å². The van der Waals surface area contributed by atoms with Crippen molar-refractivity contribution in [2.24, 2.45) is 12.8 Å². The summed E-state index contributed by atoms with van der Waals surface area (Å²) in [6.07, 6.45) is 2.07. The summed E-state index contributed by atoms with van der Waals surface area (Å²) in [4.78, 5) is 0. The number of nitrogens with zero attached hydrogens (tertiary/aromatic N) is 1. The van der Waals surface area contributed by atoms with Gasteiger partial charge in [0.1, 0.15) is 0 Å². The van der Waals surface area contributed by atoms with Crippen LogP contribution >= 0.6 is 0 Å². The van der Waals surface area contributed by atoms with Gasteiger partial charge >= 0.3 is 0 Å². The zero-order chi connectivity index (χ0) is 8.55. The maximum Gasteiger partial charge on any atom is 0.0280 e. The lowest BCUT2D eigenvalue weighted by molar-refractivity contribution is 0.611. The molecule has 0 aliphatic carbocycles. The van der Waals surface area contributed by atoms with Crippen LogP contribution in [0.2, 0.25) is 0 Å². The smallest absolute Gasteiger partial charge is 0.0280 e. The number of hydrogen-bond donors (Lipinski definition) is 2. The lowest BCUT2D eigenvalue weighted by atomic mass is 10.0. The zero-order valence-corrected chi connectivity index (χ0v) is 7.33. The number of hydrogen-bond acceptors (Lipinski definition) is 2. The average molecular weight is 165 g/mol. The van der Waals surface area contributed by atoms with E-state index in [4.69, 9.17) is 5.73 Å². The molecule has 2 atom stereocenters. The molecule has 1 saturated heterocycles. The maximum absolute atomic E-state index is 5.96. The van der Waals surface area contributed by atoms with Gasteiger partial charge in [-0.3, -0.25) is 0 Å². The highest BCUT2D eigenvalue weighted by Crippen LogP contribution is 2.20. The highest BCUT2D eigenvalue weighted by molar-refractivity contribution is 5.17. The third-order valence-corrected chi connectivity index (χ3v) is 2.62. The van der Waals surface area contributed by atoms with E-state index in [9.17, 15) is 0 Å². The molecule has 3 N–H and O–H groups in total. The first kappa shape index (κ1) is 7.83. The van der Waals surface area contributed by atoms with Crippen molar-refractivity contribution in [3.8, 4) is 0 Å². The number of nitrogens with one attached hydrogen (secondary N) is 1. The third kappa shape index (κ3) is 1.15. The van der Waals surface area contributed by atoms with E-state index in [2.05, 4.69) is 35.3 Å². The minimum absolute atomic E-state index is 0.276. The predicted molar refractivity (Wildman–Crippen MR) is 49.0 cm³/mol. The van der Waals surface area contributed by atoms with Crippen LogP contribution in [0.25, 0.3) is 0 Å². The first-order chi connectivity index (χ1) is 5.79. The van der Waals surface area contributed by atoms with Gasteiger partial charge < -0.3 is 15.6 Å². The molecule has 0 unspecified atom stereocenters. The zero-order valence-electron chi connectivity index (χ0n) is 7.33. The van der Waals surface area contributed by atoms with E-state index in [1.165, 1.54) is 5.69 Å². The summed E-state index contributed by atoms with van der Waals surface area (Å²) in [7, 11) is 2.07. The van der Waals surface area contributed by atoms with Crippen LogP contribution in [0.1, 0.15) is 11.6 Å². The SMILES string of the molecule is Cn1cccc1[C@@H]1CNC[C@@H]1N. The van der Waals surface area contributed by atoms with Crippen molar-refractivity contribution in [1.29, 1.82) is 0 Å². The van der Waals surface area contributed by atoms with E-state index in [1.54, 1.807) is 0 Å². The second kappa shape index (κ2) is 2.92. The molecule has 12 heavy (non-hydrogen) atoms. The van der Waals surface area contributed by atoms with E-state index in [1.807, 2.05) is 0 Å². The molecule has 0 spiro atoms. The highest BCUT2D eigenvalue weighted by atomic mass is 15.0. The lowest BCUT2D eigenvalue weighted by Crippen LogP contribution is -2.28. The van der Waals surface area contributed by atoms with Crippen LogP contribution in [-0.2, 0) is 7.05 Å². The van der Waals surface area contributed by atoms with E-state index < -0.39 is 0 Å². The average Bonchev–Trinajstić information content (AvgIpc) is 2.59. The number of rotatable bonds is 1. The van der Waals surface area contributed by atoms with E-state index in [0.717, 1.165) is 13.1 Å². The van der Waals surface area contributed by atoms with E-state index >= 15 is 0 Å². The molecule has 1 aromatic rings. The Morgan fingerprint density at radius 1 is 1.58 bits per heavy atom. The summed E-state index contributed by atoms with van der Waals surface area (Å²) in [5, 5.41) is 3.30. The topological polar surface area (TPSA) is 43.0 Å². The molecule has 3 nitrogen and oxygen atoms in total. The molecule has 0 radical (unpaired) electrons.